The summed E-state index contributed by atoms with van der Waals surface area (Å²) in [6.07, 6.45) is -1.62. The van der Waals surface area contributed by atoms with Gasteiger partial charge in [0.15, 0.2) is 12.6 Å². The van der Waals surface area contributed by atoms with E-state index in [1.165, 1.54) is 12.3 Å². The van der Waals surface area contributed by atoms with Crippen LogP contribution in [0.1, 0.15) is 25.3 Å². The van der Waals surface area contributed by atoms with E-state index in [2.05, 4.69) is 20.2 Å². The lowest BCUT2D eigenvalue weighted by atomic mass is 10.2. The van der Waals surface area contributed by atoms with Crippen molar-refractivity contribution < 1.29 is 27.4 Å². The first-order valence-electron chi connectivity index (χ1n) is 10.4. The van der Waals surface area contributed by atoms with Crippen molar-refractivity contribution in [2.75, 3.05) is 45.9 Å². The number of pyridine rings is 1. The highest BCUT2D eigenvalue weighted by Gasteiger charge is 2.31. The summed E-state index contributed by atoms with van der Waals surface area (Å²) in [5, 5.41) is 3.23. The molecule has 0 spiro atoms. The monoisotopic (exact) mass is 443 g/mol. The van der Waals surface area contributed by atoms with Crippen LogP contribution in [-0.2, 0) is 16.1 Å². The van der Waals surface area contributed by atoms with Crippen molar-refractivity contribution in [2.45, 2.75) is 38.6 Å². The van der Waals surface area contributed by atoms with Crippen molar-refractivity contribution in [2.24, 2.45) is 4.99 Å². The van der Waals surface area contributed by atoms with Crippen LogP contribution in [0.2, 0.25) is 0 Å². The summed E-state index contributed by atoms with van der Waals surface area (Å²) in [6.45, 7) is 4.62. The number of nitrogens with one attached hydrogen (secondary N) is 1. The van der Waals surface area contributed by atoms with Gasteiger partial charge in [0.2, 0.25) is 5.88 Å². The summed E-state index contributed by atoms with van der Waals surface area (Å²) < 4.78 is 47.2. The number of guanidine groups is 1. The van der Waals surface area contributed by atoms with E-state index in [0.717, 1.165) is 12.8 Å². The lowest BCUT2D eigenvalue weighted by molar-refractivity contribution is -0.154. The number of rotatable bonds is 6. The van der Waals surface area contributed by atoms with Crippen molar-refractivity contribution in [1.29, 1.82) is 0 Å². The van der Waals surface area contributed by atoms with E-state index in [1.807, 2.05) is 11.8 Å². The molecule has 2 aliphatic rings. The van der Waals surface area contributed by atoms with E-state index in [-0.39, 0.29) is 24.4 Å². The van der Waals surface area contributed by atoms with Gasteiger partial charge in [0.1, 0.15) is 6.10 Å². The minimum Gasteiger partial charge on any atom is -0.468 e. The molecule has 0 radical (unpaired) electrons. The number of alkyl halides is 3. The van der Waals surface area contributed by atoms with Gasteiger partial charge in [-0.05, 0) is 31.4 Å². The third-order valence-electron chi connectivity index (χ3n) is 5.03. The zero-order valence-corrected chi connectivity index (χ0v) is 17.5. The van der Waals surface area contributed by atoms with Crippen LogP contribution >= 0.6 is 0 Å². The largest absolute Gasteiger partial charge is 0.468 e. The van der Waals surface area contributed by atoms with Crippen LogP contribution in [0.4, 0.5) is 13.2 Å². The summed E-state index contributed by atoms with van der Waals surface area (Å²) in [7, 11) is 0. The van der Waals surface area contributed by atoms with Gasteiger partial charge >= 0.3 is 6.18 Å². The Bertz CT molecular complexity index is 761. The number of aliphatic imine (C=N–C) groups is 1. The van der Waals surface area contributed by atoms with Gasteiger partial charge in [-0.2, -0.15) is 13.2 Å². The van der Waals surface area contributed by atoms with Crippen molar-refractivity contribution >= 4 is 11.9 Å². The lowest BCUT2D eigenvalue weighted by Gasteiger charge is -2.37. The Hall–Kier alpha value is -2.56. The van der Waals surface area contributed by atoms with Gasteiger partial charge in [-0.15, -0.1) is 0 Å². The predicted octanol–water partition coefficient (Wildman–Crippen LogP) is 1.81. The number of carbonyl (C=O) groups is 1. The van der Waals surface area contributed by atoms with Crippen LogP contribution < -0.4 is 10.1 Å². The molecule has 8 nitrogen and oxygen atoms in total. The van der Waals surface area contributed by atoms with Gasteiger partial charge in [0, 0.05) is 51.6 Å². The number of hydrogen-bond acceptors (Lipinski definition) is 5. The van der Waals surface area contributed by atoms with Gasteiger partial charge < -0.3 is 24.6 Å². The summed E-state index contributed by atoms with van der Waals surface area (Å²) in [5.41, 5.74) is 0.690. The van der Waals surface area contributed by atoms with Gasteiger partial charge in [0.05, 0.1) is 6.54 Å². The second kappa shape index (κ2) is 10.7. The van der Waals surface area contributed by atoms with Crippen LogP contribution in [0.3, 0.4) is 0 Å². The van der Waals surface area contributed by atoms with Crippen molar-refractivity contribution in [3.63, 3.8) is 0 Å². The highest BCUT2D eigenvalue weighted by Crippen LogP contribution is 2.18. The zero-order valence-electron chi connectivity index (χ0n) is 17.5. The molecule has 3 heterocycles. The summed E-state index contributed by atoms with van der Waals surface area (Å²) in [4.78, 5) is 24.8. The highest BCUT2D eigenvalue weighted by molar-refractivity contribution is 5.82. The SMILES string of the molecule is CCNC(=NCc1ccnc(OCC(F)(F)F)c1)N1CCN(C(=O)C2CCCO2)CC1. The molecule has 0 saturated carbocycles. The fourth-order valence-electron chi connectivity index (χ4n) is 3.49. The minimum absolute atomic E-state index is 0.0576. The molecule has 11 heteroatoms. The van der Waals surface area contributed by atoms with Crippen molar-refractivity contribution in [3.05, 3.63) is 23.9 Å². The first-order chi connectivity index (χ1) is 14.9. The molecule has 1 unspecified atom stereocenters. The van der Waals surface area contributed by atoms with E-state index in [9.17, 15) is 18.0 Å². The predicted molar refractivity (Wildman–Crippen MR) is 108 cm³/mol. The van der Waals surface area contributed by atoms with Crippen LogP contribution in [0, 0.1) is 0 Å². The van der Waals surface area contributed by atoms with E-state index < -0.39 is 12.8 Å². The Morgan fingerprint density at radius 3 is 2.71 bits per heavy atom. The fraction of sp³-hybridized carbons (Fsp3) is 0.650. The molecule has 1 atom stereocenters. The summed E-state index contributed by atoms with van der Waals surface area (Å²) >= 11 is 0. The van der Waals surface area contributed by atoms with Crippen LogP contribution in [0.25, 0.3) is 0 Å². The molecule has 1 aromatic rings. The second-order valence-corrected chi connectivity index (χ2v) is 7.39. The third-order valence-corrected chi connectivity index (χ3v) is 5.03. The summed E-state index contributed by atoms with van der Waals surface area (Å²) in [6, 6.07) is 3.14. The number of aromatic nitrogens is 1. The molecule has 2 aliphatic heterocycles. The maximum atomic E-state index is 12.5. The van der Waals surface area contributed by atoms with Gasteiger partial charge in [-0.3, -0.25) is 4.79 Å². The summed E-state index contributed by atoms with van der Waals surface area (Å²) in [5.74, 6) is 0.667. The Labute approximate surface area is 179 Å². The minimum atomic E-state index is -4.42. The van der Waals surface area contributed by atoms with E-state index in [1.54, 1.807) is 6.07 Å². The van der Waals surface area contributed by atoms with Gasteiger partial charge in [0.25, 0.3) is 5.91 Å². The molecule has 2 saturated heterocycles. The molecular weight excluding hydrogens is 415 g/mol. The van der Waals surface area contributed by atoms with Gasteiger partial charge in [-0.25, -0.2) is 9.98 Å². The van der Waals surface area contributed by atoms with E-state index in [4.69, 9.17) is 9.47 Å². The molecular formula is C20H28F3N5O3. The molecule has 172 valence electrons. The standard InChI is InChI=1S/C20H28F3N5O3/c1-2-24-19(26-13-15-5-6-25-17(12-15)31-14-20(21,22)23)28-9-7-27(8-10-28)18(29)16-4-3-11-30-16/h5-6,12,16H,2-4,7-11,13-14H2,1H3,(H,24,26). The van der Waals surface area contributed by atoms with Crippen molar-refractivity contribution in [3.8, 4) is 5.88 Å². The number of piperazine rings is 1. The lowest BCUT2D eigenvalue weighted by Crippen LogP contribution is -2.55. The number of halogens is 3. The first-order valence-corrected chi connectivity index (χ1v) is 10.4. The fourth-order valence-corrected chi connectivity index (χ4v) is 3.49. The Morgan fingerprint density at radius 1 is 1.32 bits per heavy atom. The smallest absolute Gasteiger partial charge is 0.422 e. The molecule has 0 aliphatic carbocycles. The van der Waals surface area contributed by atoms with E-state index in [0.29, 0.717) is 50.9 Å². The van der Waals surface area contributed by atoms with Crippen molar-refractivity contribution in [1.82, 2.24) is 20.1 Å². The molecule has 1 N–H and O–H groups in total. The quantitative estimate of drug-likeness (QED) is 0.534. The number of ether oxygens (including phenoxy) is 2. The van der Waals surface area contributed by atoms with Crippen LogP contribution in [-0.4, -0.2) is 84.9 Å². The first kappa shape index (κ1) is 23.1. The number of nitrogens with zero attached hydrogens (tertiary/aromatic N) is 4. The number of amides is 1. The van der Waals surface area contributed by atoms with Crippen LogP contribution in [0.5, 0.6) is 5.88 Å². The Morgan fingerprint density at radius 2 is 2.06 bits per heavy atom. The molecule has 1 aromatic heterocycles. The zero-order chi connectivity index (χ0) is 22.3. The molecule has 0 aromatic carbocycles. The third kappa shape index (κ3) is 6.98. The number of hydrogen-bond donors (Lipinski definition) is 1. The second-order valence-electron chi connectivity index (χ2n) is 7.39. The molecule has 1 amide bonds. The molecule has 2 fully saturated rings. The topological polar surface area (TPSA) is 79.3 Å². The highest BCUT2D eigenvalue weighted by atomic mass is 19.4. The maximum Gasteiger partial charge on any atom is 0.422 e. The average molecular weight is 443 g/mol. The Kier molecular flexibility index (Phi) is 7.94. The molecule has 0 bridgehead atoms. The number of carbonyl (C=O) groups excluding carboxylic acids is 1. The maximum absolute atomic E-state index is 12.5. The molecule has 3 rings (SSSR count). The van der Waals surface area contributed by atoms with Gasteiger partial charge in [-0.1, -0.05) is 0 Å². The van der Waals surface area contributed by atoms with Crippen LogP contribution in [0.15, 0.2) is 23.3 Å². The normalized spacial score (nSPS) is 20.1. The average Bonchev–Trinajstić information content (AvgIpc) is 3.30. The van der Waals surface area contributed by atoms with E-state index >= 15 is 0 Å². The molecule has 31 heavy (non-hydrogen) atoms. The Balaban J connectivity index is 1.56.